The molecule has 0 spiro atoms. The van der Waals surface area contributed by atoms with Gasteiger partial charge in [-0.2, -0.15) is 0 Å². The van der Waals surface area contributed by atoms with Gasteiger partial charge in [-0.3, -0.25) is 0 Å². The summed E-state index contributed by atoms with van der Waals surface area (Å²) in [6.07, 6.45) is 0.527. The molecule has 0 atom stereocenters. The zero-order valence-corrected chi connectivity index (χ0v) is 10.8. The van der Waals surface area contributed by atoms with Crippen LogP contribution in [0.2, 0.25) is 0 Å². The fourth-order valence-corrected chi connectivity index (χ4v) is 2.35. The van der Waals surface area contributed by atoms with Crippen LogP contribution in [-0.4, -0.2) is 27.3 Å². The lowest BCUT2D eigenvalue weighted by molar-refractivity contribution is 0.319. The van der Waals surface area contributed by atoms with E-state index in [-0.39, 0.29) is 24.7 Å². The molecule has 0 fully saturated rings. The van der Waals surface area contributed by atoms with Gasteiger partial charge in [-0.25, -0.2) is 21.9 Å². The molecule has 7 heteroatoms. The molecule has 1 rings (SSSR count). The Balaban J connectivity index is 2.36. The highest BCUT2D eigenvalue weighted by Crippen LogP contribution is 2.14. The quantitative estimate of drug-likeness (QED) is 0.772. The maximum atomic E-state index is 12.8. The summed E-state index contributed by atoms with van der Waals surface area (Å²) in [7, 11) is -3.27. The van der Waals surface area contributed by atoms with E-state index in [0.717, 1.165) is 12.1 Å². The van der Waals surface area contributed by atoms with Gasteiger partial charge >= 0.3 is 0 Å². The molecular formula is C11H15F2NO3S. The Kier molecular flexibility index (Phi) is 5.49. The number of nitrogens with one attached hydrogen (secondary N) is 1. The number of benzene rings is 1. The zero-order valence-electron chi connectivity index (χ0n) is 9.95. The number of hydrogen-bond acceptors (Lipinski definition) is 3. The minimum Gasteiger partial charge on any atom is -0.492 e. The second-order valence-electron chi connectivity index (χ2n) is 3.64. The second-order valence-corrected chi connectivity index (χ2v) is 5.56. The lowest BCUT2D eigenvalue weighted by Crippen LogP contribution is -2.30. The lowest BCUT2D eigenvalue weighted by Gasteiger charge is -2.08. The van der Waals surface area contributed by atoms with Gasteiger partial charge in [0.25, 0.3) is 0 Å². The van der Waals surface area contributed by atoms with Crippen LogP contribution < -0.4 is 9.46 Å². The number of ether oxygens (including phenoxy) is 1. The minimum atomic E-state index is -3.27. The van der Waals surface area contributed by atoms with Crippen LogP contribution in [0.5, 0.6) is 5.75 Å². The topological polar surface area (TPSA) is 55.4 Å². The van der Waals surface area contributed by atoms with Crippen LogP contribution in [0.3, 0.4) is 0 Å². The minimum absolute atomic E-state index is 0.0496. The van der Waals surface area contributed by atoms with E-state index in [4.69, 9.17) is 4.74 Å². The van der Waals surface area contributed by atoms with Gasteiger partial charge in [0.05, 0.1) is 5.75 Å². The van der Waals surface area contributed by atoms with Crippen molar-refractivity contribution in [2.45, 2.75) is 13.3 Å². The first-order chi connectivity index (χ1) is 8.44. The van der Waals surface area contributed by atoms with Crippen molar-refractivity contribution in [2.75, 3.05) is 18.9 Å². The molecule has 0 radical (unpaired) electrons. The maximum absolute atomic E-state index is 12.8. The fraction of sp³-hybridized carbons (Fsp3) is 0.455. The molecule has 1 N–H and O–H groups in total. The highest BCUT2D eigenvalue weighted by molar-refractivity contribution is 7.89. The van der Waals surface area contributed by atoms with E-state index in [0.29, 0.717) is 6.42 Å². The van der Waals surface area contributed by atoms with Crippen LogP contribution in [0.4, 0.5) is 8.78 Å². The van der Waals surface area contributed by atoms with Crippen molar-refractivity contribution in [1.82, 2.24) is 4.72 Å². The van der Waals surface area contributed by atoms with E-state index in [1.807, 2.05) is 0 Å². The second kappa shape index (κ2) is 6.65. The van der Waals surface area contributed by atoms with Crippen molar-refractivity contribution < 1.29 is 21.9 Å². The zero-order chi connectivity index (χ0) is 13.6. The van der Waals surface area contributed by atoms with Crippen molar-refractivity contribution in [3.05, 3.63) is 29.8 Å². The third-order valence-electron chi connectivity index (χ3n) is 2.06. The average Bonchev–Trinajstić information content (AvgIpc) is 2.29. The van der Waals surface area contributed by atoms with Crippen molar-refractivity contribution in [1.29, 1.82) is 0 Å². The molecule has 1 aromatic carbocycles. The Morgan fingerprint density at radius 2 is 2.00 bits per heavy atom. The Hall–Kier alpha value is -1.21. The maximum Gasteiger partial charge on any atom is 0.211 e. The van der Waals surface area contributed by atoms with Crippen LogP contribution in [0, 0.1) is 11.6 Å². The van der Waals surface area contributed by atoms with Crippen molar-refractivity contribution in [3.8, 4) is 5.75 Å². The third-order valence-corrected chi connectivity index (χ3v) is 3.65. The summed E-state index contributed by atoms with van der Waals surface area (Å²) in [4.78, 5) is 0. The van der Waals surface area contributed by atoms with Crippen LogP contribution in [0.25, 0.3) is 0 Å². The molecule has 18 heavy (non-hydrogen) atoms. The summed E-state index contributed by atoms with van der Waals surface area (Å²) in [5.41, 5.74) is 0. The summed E-state index contributed by atoms with van der Waals surface area (Å²) in [5.74, 6) is -1.74. The molecule has 4 nitrogen and oxygen atoms in total. The van der Waals surface area contributed by atoms with Crippen molar-refractivity contribution in [2.24, 2.45) is 0 Å². The van der Waals surface area contributed by atoms with E-state index < -0.39 is 21.7 Å². The number of rotatable bonds is 7. The molecule has 0 bridgehead atoms. The molecule has 0 amide bonds. The Bertz CT molecular complexity index is 491. The Morgan fingerprint density at radius 1 is 1.28 bits per heavy atom. The fourth-order valence-electron chi connectivity index (χ4n) is 1.27. The van der Waals surface area contributed by atoms with E-state index >= 15 is 0 Å². The first-order valence-corrected chi connectivity index (χ1v) is 7.15. The first-order valence-electron chi connectivity index (χ1n) is 5.50. The number of halogens is 2. The SMILES string of the molecule is CCCS(=O)(=O)NCCOc1ccc(F)c(F)c1. The van der Waals surface area contributed by atoms with Crippen LogP contribution in [-0.2, 0) is 10.0 Å². The molecule has 0 aromatic heterocycles. The van der Waals surface area contributed by atoms with E-state index in [2.05, 4.69) is 4.72 Å². The largest absolute Gasteiger partial charge is 0.492 e. The van der Waals surface area contributed by atoms with Crippen LogP contribution in [0.15, 0.2) is 18.2 Å². The van der Waals surface area contributed by atoms with E-state index in [1.54, 1.807) is 6.92 Å². The predicted octanol–water partition coefficient (Wildman–Crippen LogP) is 1.67. The summed E-state index contributed by atoms with van der Waals surface area (Å²) in [5, 5.41) is 0. The summed E-state index contributed by atoms with van der Waals surface area (Å²) < 4.78 is 55.4. The van der Waals surface area contributed by atoms with Gasteiger partial charge < -0.3 is 4.74 Å². The van der Waals surface area contributed by atoms with Gasteiger partial charge in [-0.1, -0.05) is 6.92 Å². The third kappa shape index (κ3) is 4.97. The summed E-state index contributed by atoms with van der Waals surface area (Å²) >= 11 is 0. The standard InChI is InChI=1S/C11H15F2NO3S/c1-2-7-18(15,16)14-5-6-17-9-3-4-10(12)11(13)8-9/h3-4,8,14H,2,5-7H2,1H3. The molecule has 0 saturated carbocycles. The molecular weight excluding hydrogens is 264 g/mol. The van der Waals surface area contributed by atoms with Crippen LogP contribution >= 0.6 is 0 Å². The summed E-state index contributed by atoms with van der Waals surface area (Å²) in [6, 6.07) is 3.14. The van der Waals surface area contributed by atoms with E-state index in [9.17, 15) is 17.2 Å². The van der Waals surface area contributed by atoms with Gasteiger partial charge in [-0.05, 0) is 18.6 Å². The monoisotopic (exact) mass is 279 g/mol. The molecule has 102 valence electrons. The van der Waals surface area contributed by atoms with Gasteiger partial charge in [-0.15, -0.1) is 0 Å². The molecule has 0 aliphatic carbocycles. The molecule has 0 unspecified atom stereocenters. The molecule has 1 aromatic rings. The van der Waals surface area contributed by atoms with Crippen molar-refractivity contribution in [3.63, 3.8) is 0 Å². The normalized spacial score (nSPS) is 11.5. The first kappa shape index (κ1) is 14.8. The highest BCUT2D eigenvalue weighted by Gasteiger charge is 2.07. The van der Waals surface area contributed by atoms with E-state index in [1.165, 1.54) is 6.07 Å². The van der Waals surface area contributed by atoms with Gasteiger partial charge in [0.15, 0.2) is 11.6 Å². The highest BCUT2D eigenvalue weighted by atomic mass is 32.2. The van der Waals surface area contributed by atoms with Crippen molar-refractivity contribution >= 4 is 10.0 Å². The number of sulfonamides is 1. The molecule has 0 heterocycles. The Morgan fingerprint density at radius 3 is 2.61 bits per heavy atom. The predicted molar refractivity (Wildman–Crippen MR) is 63.9 cm³/mol. The van der Waals surface area contributed by atoms with Gasteiger partial charge in [0, 0.05) is 12.6 Å². The smallest absolute Gasteiger partial charge is 0.211 e. The Labute approximate surface area is 105 Å². The number of hydrogen-bond donors (Lipinski definition) is 1. The van der Waals surface area contributed by atoms with Gasteiger partial charge in [0.1, 0.15) is 12.4 Å². The molecule has 0 aliphatic rings. The average molecular weight is 279 g/mol. The van der Waals surface area contributed by atoms with Crippen LogP contribution in [0.1, 0.15) is 13.3 Å². The van der Waals surface area contributed by atoms with Gasteiger partial charge in [0.2, 0.25) is 10.0 Å². The summed E-state index contributed by atoms with van der Waals surface area (Å²) in [6.45, 7) is 1.90. The molecule has 0 aliphatic heterocycles. The lowest BCUT2D eigenvalue weighted by atomic mass is 10.3. The molecule has 0 saturated heterocycles.